The number of benzene rings is 2. The minimum absolute atomic E-state index is 0.233. The van der Waals surface area contributed by atoms with E-state index in [1.165, 1.54) is 15.7 Å². The van der Waals surface area contributed by atoms with Gasteiger partial charge < -0.3 is 10.1 Å². The zero-order valence-corrected chi connectivity index (χ0v) is 18.0. The van der Waals surface area contributed by atoms with Gasteiger partial charge in [-0.15, -0.1) is 0 Å². The number of nitrogens with one attached hydrogen (secondary N) is 1. The first kappa shape index (κ1) is 21.3. The Morgan fingerprint density at radius 3 is 2.34 bits per heavy atom. The van der Waals surface area contributed by atoms with E-state index in [1.807, 2.05) is 20.8 Å². The Kier molecular flexibility index (Phi) is 6.26. The summed E-state index contributed by atoms with van der Waals surface area (Å²) >= 11 is 0. The van der Waals surface area contributed by atoms with Gasteiger partial charge in [0.05, 0.1) is 19.3 Å². The summed E-state index contributed by atoms with van der Waals surface area (Å²) in [6.45, 7) is 6.74. The standard InChI is InChI=1S/C21H27N3O4S/c1-15-11-16(2)18(17(3)12-15)13-23-9-10-24(29(23,26)27)14-21(25)22-19-7-5-6-8-20(19)28-4/h5-8,11-12H,9-10,13-14H2,1-4H3,(H,22,25). The van der Waals surface area contributed by atoms with Crippen LogP contribution in [0.25, 0.3) is 0 Å². The maximum absolute atomic E-state index is 12.9. The number of carbonyl (C=O) groups is 1. The van der Waals surface area contributed by atoms with Crippen molar-refractivity contribution < 1.29 is 17.9 Å². The van der Waals surface area contributed by atoms with Gasteiger partial charge >= 0.3 is 0 Å². The molecule has 8 heteroatoms. The molecule has 0 aliphatic carbocycles. The lowest BCUT2D eigenvalue weighted by Gasteiger charge is -2.20. The van der Waals surface area contributed by atoms with E-state index in [9.17, 15) is 13.2 Å². The van der Waals surface area contributed by atoms with E-state index in [0.29, 0.717) is 24.5 Å². The van der Waals surface area contributed by atoms with E-state index in [-0.39, 0.29) is 13.1 Å². The van der Waals surface area contributed by atoms with Gasteiger partial charge in [-0.05, 0) is 49.6 Å². The Labute approximate surface area is 172 Å². The molecule has 0 aromatic heterocycles. The number of aryl methyl sites for hydroxylation is 3. The van der Waals surface area contributed by atoms with Crippen LogP contribution in [-0.2, 0) is 21.5 Å². The highest BCUT2D eigenvalue weighted by molar-refractivity contribution is 7.87. The topological polar surface area (TPSA) is 79.0 Å². The van der Waals surface area contributed by atoms with E-state index < -0.39 is 16.1 Å². The van der Waals surface area contributed by atoms with Crippen LogP contribution in [-0.4, -0.2) is 49.7 Å². The van der Waals surface area contributed by atoms with Gasteiger partial charge in [0.1, 0.15) is 5.75 Å². The van der Waals surface area contributed by atoms with Gasteiger partial charge in [0, 0.05) is 19.6 Å². The van der Waals surface area contributed by atoms with Gasteiger partial charge in [0.2, 0.25) is 5.91 Å². The molecule has 3 rings (SSSR count). The molecule has 2 aromatic carbocycles. The molecular weight excluding hydrogens is 390 g/mol. The second-order valence-electron chi connectivity index (χ2n) is 7.30. The number of methoxy groups -OCH3 is 1. The molecule has 0 unspecified atom stereocenters. The first-order chi connectivity index (χ1) is 13.7. The first-order valence-corrected chi connectivity index (χ1v) is 10.9. The van der Waals surface area contributed by atoms with Gasteiger partial charge in [0.15, 0.2) is 0 Å². The molecule has 1 fully saturated rings. The SMILES string of the molecule is COc1ccccc1NC(=O)CN1CCN(Cc2c(C)cc(C)cc2C)S1(=O)=O. The zero-order chi connectivity index (χ0) is 21.2. The van der Waals surface area contributed by atoms with Crippen LogP contribution in [0.15, 0.2) is 36.4 Å². The van der Waals surface area contributed by atoms with Crippen LogP contribution in [0.4, 0.5) is 5.69 Å². The molecule has 1 aliphatic rings. The predicted octanol–water partition coefficient (Wildman–Crippen LogP) is 2.62. The van der Waals surface area contributed by atoms with Gasteiger partial charge in [-0.25, -0.2) is 0 Å². The fraction of sp³-hybridized carbons (Fsp3) is 0.381. The van der Waals surface area contributed by atoms with Crippen molar-refractivity contribution in [2.24, 2.45) is 0 Å². The Balaban J connectivity index is 1.70. The molecule has 1 heterocycles. The van der Waals surface area contributed by atoms with Crippen LogP contribution in [0.1, 0.15) is 22.3 Å². The highest BCUT2D eigenvalue weighted by Gasteiger charge is 2.37. The number of nitrogens with zero attached hydrogens (tertiary/aromatic N) is 2. The maximum Gasteiger partial charge on any atom is 0.282 e. The number of ether oxygens (including phenoxy) is 1. The molecular formula is C21H27N3O4S. The fourth-order valence-electron chi connectivity index (χ4n) is 3.67. The maximum atomic E-state index is 12.9. The molecule has 156 valence electrons. The first-order valence-electron chi connectivity index (χ1n) is 9.47. The van der Waals surface area contributed by atoms with Crippen LogP contribution in [0, 0.1) is 20.8 Å². The summed E-state index contributed by atoms with van der Waals surface area (Å²) in [5.41, 5.74) is 4.83. The molecule has 1 saturated heterocycles. The molecule has 1 aliphatic heterocycles. The molecule has 2 aromatic rings. The summed E-state index contributed by atoms with van der Waals surface area (Å²) in [5, 5.41) is 2.73. The number of anilines is 1. The molecule has 1 N–H and O–H groups in total. The Hall–Kier alpha value is -2.42. The van der Waals surface area contributed by atoms with Crippen molar-refractivity contribution in [2.45, 2.75) is 27.3 Å². The zero-order valence-electron chi connectivity index (χ0n) is 17.2. The number of para-hydroxylation sites is 2. The Morgan fingerprint density at radius 1 is 1.07 bits per heavy atom. The second-order valence-corrected chi connectivity index (χ2v) is 9.23. The number of hydrogen-bond acceptors (Lipinski definition) is 4. The van der Waals surface area contributed by atoms with E-state index in [1.54, 1.807) is 24.3 Å². The van der Waals surface area contributed by atoms with E-state index in [4.69, 9.17) is 4.74 Å². The van der Waals surface area contributed by atoms with Crippen molar-refractivity contribution in [2.75, 3.05) is 32.1 Å². The summed E-state index contributed by atoms with van der Waals surface area (Å²) in [7, 11) is -2.18. The van der Waals surface area contributed by atoms with Crippen LogP contribution in [0.3, 0.4) is 0 Å². The number of rotatable bonds is 6. The predicted molar refractivity (Wildman–Crippen MR) is 113 cm³/mol. The summed E-state index contributed by atoms with van der Waals surface area (Å²) in [5.74, 6) is 0.125. The molecule has 29 heavy (non-hydrogen) atoms. The molecule has 0 spiro atoms. The fourth-order valence-corrected chi connectivity index (χ4v) is 5.20. The van der Waals surface area contributed by atoms with E-state index in [0.717, 1.165) is 22.3 Å². The smallest absolute Gasteiger partial charge is 0.282 e. The van der Waals surface area contributed by atoms with Gasteiger partial charge in [-0.1, -0.05) is 29.8 Å². The van der Waals surface area contributed by atoms with Crippen LogP contribution < -0.4 is 10.1 Å². The highest BCUT2D eigenvalue weighted by Crippen LogP contribution is 2.25. The van der Waals surface area contributed by atoms with Crippen molar-refractivity contribution in [3.8, 4) is 5.75 Å². The number of carbonyl (C=O) groups excluding carboxylic acids is 1. The van der Waals surface area contributed by atoms with Gasteiger partial charge in [-0.3, -0.25) is 4.79 Å². The largest absolute Gasteiger partial charge is 0.495 e. The summed E-state index contributed by atoms with van der Waals surface area (Å²) < 4.78 is 33.8. The van der Waals surface area contributed by atoms with E-state index in [2.05, 4.69) is 17.4 Å². The van der Waals surface area contributed by atoms with Crippen molar-refractivity contribution in [1.82, 2.24) is 8.61 Å². The quantitative estimate of drug-likeness (QED) is 0.784. The van der Waals surface area contributed by atoms with Crippen LogP contribution in [0.5, 0.6) is 5.75 Å². The van der Waals surface area contributed by atoms with Crippen LogP contribution >= 0.6 is 0 Å². The highest BCUT2D eigenvalue weighted by atomic mass is 32.2. The molecule has 0 atom stereocenters. The lowest BCUT2D eigenvalue weighted by Crippen LogP contribution is -2.38. The monoisotopic (exact) mass is 417 g/mol. The van der Waals surface area contributed by atoms with Crippen LogP contribution in [0.2, 0.25) is 0 Å². The van der Waals surface area contributed by atoms with Gasteiger partial charge in [-0.2, -0.15) is 17.0 Å². The minimum atomic E-state index is -3.70. The third-order valence-electron chi connectivity index (χ3n) is 5.13. The second kappa shape index (κ2) is 8.52. The average Bonchev–Trinajstić information content (AvgIpc) is 2.92. The van der Waals surface area contributed by atoms with Crippen molar-refractivity contribution in [3.05, 3.63) is 58.7 Å². The third-order valence-corrected chi connectivity index (χ3v) is 7.06. The molecule has 7 nitrogen and oxygen atoms in total. The average molecular weight is 418 g/mol. The van der Waals surface area contributed by atoms with Crippen molar-refractivity contribution in [3.63, 3.8) is 0 Å². The number of hydrogen-bond donors (Lipinski definition) is 1. The summed E-state index contributed by atoms with van der Waals surface area (Å²) in [6, 6.07) is 11.1. The molecule has 1 amide bonds. The Bertz CT molecular complexity index is 997. The number of amides is 1. The normalized spacial score (nSPS) is 16.7. The lowest BCUT2D eigenvalue weighted by atomic mass is 10.00. The molecule has 0 bridgehead atoms. The summed E-state index contributed by atoms with van der Waals surface area (Å²) in [6.07, 6.45) is 0. The third kappa shape index (κ3) is 4.60. The lowest BCUT2D eigenvalue weighted by molar-refractivity contribution is -0.116. The molecule has 0 radical (unpaired) electrons. The molecule has 0 saturated carbocycles. The van der Waals surface area contributed by atoms with Gasteiger partial charge in [0.25, 0.3) is 10.2 Å². The van der Waals surface area contributed by atoms with E-state index >= 15 is 0 Å². The summed E-state index contributed by atoms with van der Waals surface area (Å²) in [4.78, 5) is 12.4. The minimum Gasteiger partial charge on any atom is -0.495 e. The van der Waals surface area contributed by atoms with Crippen molar-refractivity contribution >= 4 is 21.8 Å². The Morgan fingerprint density at radius 2 is 1.69 bits per heavy atom. The van der Waals surface area contributed by atoms with Crippen molar-refractivity contribution in [1.29, 1.82) is 0 Å².